The highest BCUT2D eigenvalue weighted by Crippen LogP contribution is 2.14. The lowest BCUT2D eigenvalue weighted by molar-refractivity contribution is 0.0945. The van der Waals surface area contributed by atoms with Gasteiger partial charge in [0, 0.05) is 6.54 Å². The maximum atomic E-state index is 13.5. The number of carbonyl (C=O) groups is 1. The minimum Gasteiger partial charge on any atom is -0.382 e. The molecule has 0 radical (unpaired) electrons. The van der Waals surface area contributed by atoms with Gasteiger partial charge in [-0.15, -0.1) is 0 Å². The van der Waals surface area contributed by atoms with Gasteiger partial charge in [-0.25, -0.2) is 14.4 Å². The molecule has 2 aromatic rings. The number of nitrogens with one attached hydrogen (secondary N) is 1. The highest BCUT2D eigenvalue weighted by atomic mass is 19.1. The van der Waals surface area contributed by atoms with Crippen LogP contribution in [0, 0.1) is 19.7 Å². The van der Waals surface area contributed by atoms with Crippen LogP contribution in [0.15, 0.2) is 24.5 Å². The van der Waals surface area contributed by atoms with E-state index in [1.165, 1.54) is 12.4 Å². The fourth-order valence-corrected chi connectivity index (χ4v) is 1.87. The largest absolute Gasteiger partial charge is 0.382 e. The Morgan fingerprint density at radius 2 is 1.90 bits per heavy atom. The van der Waals surface area contributed by atoms with E-state index in [1.807, 2.05) is 0 Å². The lowest BCUT2D eigenvalue weighted by atomic mass is 10.1. The molecule has 0 aliphatic rings. The first-order chi connectivity index (χ1) is 9.47. The third kappa shape index (κ3) is 3.09. The van der Waals surface area contributed by atoms with Crippen molar-refractivity contribution in [1.82, 2.24) is 15.3 Å². The van der Waals surface area contributed by atoms with E-state index < -0.39 is 0 Å². The Morgan fingerprint density at radius 3 is 2.45 bits per heavy atom. The molecule has 0 atom stereocenters. The fourth-order valence-electron chi connectivity index (χ4n) is 1.87. The van der Waals surface area contributed by atoms with Crippen molar-refractivity contribution in [3.63, 3.8) is 0 Å². The molecule has 1 aromatic heterocycles. The van der Waals surface area contributed by atoms with Gasteiger partial charge in [-0.2, -0.15) is 0 Å². The predicted molar refractivity (Wildman–Crippen MR) is 73.5 cm³/mol. The topological polar surface area (TPSA) is 80.9 Å². The Kier molecular flexibility index (Phi) is 3.93. The molecule has 0 aliphatic carbocycles. The van der Waals surface area contributed by atoms with Crippen LogP contribution in [0.3, 0.4) is 0 Å². The Hall–Kier alpha value is -2.50. The molecule has 2 rings (SSSR count). The molecule has 0 spiro atoms. The summed E-state index contributed by atoms with van der Waals surface area (Å²) in [5.41, 5.74) is 7.53. The van der Waals surface area contributed by atoms with Crippen LogP contribution < -0.4 is 11.1 Å². The third-order valence-corrected chi connectivity index (χ3v) is 2.85. The third-order valence-electron chi connectivity index (χ3n) is 2.85. The van der Waals surface area contributed by atoms with Gasteiger partial charge in [0.25, 0.3) is 5.91 Å². The van der Waals surface area contributed by atoms with Crippen molar-refractivity contribution < 1.29 is 9.18 Å². The Balaban J connectivity index is 2.05. The maximum absolute atomic E-state index is 13.5. The van der Waals surface area contributed by atoms with Crippen LogP contribution in [-0.2, 0) is 6.54 Å². The minimum absolute atomic E-state index is 0.190. The molecule has 1 aromatic carbocycles. The number of hydrogen-bond donors (Lipinski definition) is 2. The van der Waals surface area contributed by atoms with Crippen molar-refractivity contribution in [2.75, 3.05) is 5.73 Å². The molecule has 0 unspecified atom stereocenters. The Bertz CT molecular complexity index is 617. The maximum Gasteiger partial charge on any atom is 0.271 e. The standard InChI is InChI=1S/C14H15FN4O/c1-8-3-10(4-9(2)13(8)15)5-19-14(20)11-6-18-12(16)7-17-11/h3-4,6-7H,5H2,1-2H3,(H2,16,18)(H,19,20). The second kappa shape index (κ2) is 5.64. The summed E-state index contributed by atoms with van der Waals surface area (Å²) in [5.74, 6) is -0.312. The molecule has 0 bridgehead atoms. The summed E-state index contributed by atoms with van der Waals surface area (Å²) in [7, 11) is 0. The van der Waals surface area contributed by atoms with Crippen molar-refractivity contribution in [3.8, 4) is 0 Å². The molecule has 0 aliphatic heterocycles. The molecule has 1 heterocycles. The highest BCUT2D eigenvalue weighted by Gasteiger charge is 2.09. The number of hydrogen-bond acceptors (Lipinski definition) is 4. The molecule has 5 nitrogen and oxygen atoms in total. The van der Waals surface area contributed by atoms with Crippen LogP contribution in [0.4, 0.5) is 10.2 Å². The summed E-state index contributed by atoms with van der Waals surface area (Å²) in [4.78, 5) is 19.5. The summed E-state index contributed by atoms with van der Waals surface area (Å²) in [6, 6.07) is 3.41. The van der Waals surface area contributed by atoms with Crippen LogP contribution in [0.2, 0.25) is 0 Å². The van der Waals surface area contributed by atoms with E-state index in [0.29, 0.717) is 17.7 Å². The fraction of sp³-hybridized carbons (Fsp3) is 0.214. The van der Waals surface area contributed by atoms with E-state index >= 15 is 0 Å². The Morgan fingerprint density at radius 1 is 1.25 bits per heavy atom. The van der Waals surface area contributed by atoms with Gasteiger partial charge >= 0.3 is 0 Å². The normalized spacial score (nSPS) is 10.3. The molecule has 0 saturated carbocycles. The zero-order valence-electron chi connectivity index (χ0n) is 11.3. The summed E-state index contributed by atoms with van der Waals surface area (Å²) in [6.07, 6.45) is 2.63. The van der Waals surface area contributed by atoms with Crippen molar-refractivity contribution in [2.24, 2.45) is 0 Å². The number of carbonyl (C=O) groups excluding carboxylic acids is 1. The molecule has 20 heavy (non-hydrogen) atoms. The van der Waals surface area contributed by atoms with Crippen LogP contribution >= 0.6 is 0 Å². The summed E-state index contributed by atoms with van der Waals surface area (Å²) in [6.45, 7) is 3.69. The molecule has 6 heteroatoms. The van der Waals surface area contributed by atoms with Crippen molar-refractivity contribution in [2.45, 2.75) is 20.4 Å². The molecule has 0 fully saturated rings. The second-order valence-electron chi connectivity index (χ2n) is 4.55. The molecule has 3 N–H and O–H groups in total. The zero-order valence-corrected chi connectivity index (χ0v) is 11.3. The van der Waals surface area contributed by atoms with Gasteiger partial charge in [0.05, 0.1) is 12.4 Å². The molecule has 0 saturated heterocycles. The minimum atomic E-state index is -0.350. The van der Waals surface area contributed by atoms with Gasteiger partial charge in [-0.05, 0) is 30.5 Å². The number of aryl methyl sites for hydroxylation is 2. The van der Waals surface area contributed by atoms with E-state index in [0.717, 1.165) is 5.56 Å². The van der Waals surface area contributed by atoms with Crippen LogP contribution in [0.25, 0.3) is 0 Å². The van der Waals surface area contributed by atoms with Gasteiger partial charge in [0.2, 0.25) is 0 Å². The first-order valence-electron chi connectivity index (χ1n) is 6.08. The number of amides is 1. The number of anilines is 1. The summed E-state index contributed by atoms with van der Waals surface area (Å²) in [5, 5.41) is 2.70. The van der Waals surface area contributed by atoms with Gasteiger partial charge in [-0.3, -0.25) is 4.79 Å². The smallest absolute Gasteiger partial charge is 0.271 e. The number of rotatable bonds is 3. The summed E-state index contributed by atoms with van der Waals surface area (Å²) < 4.78 is 13.5. The average molecular weight is 274 g/mol. The monoisotopic (exact) mass is 274 g/mol. The zero-order chi connectivity index (χ0) is 14.7. The molecule has 104 valence electrons. The van der Waals surface area contributed by atoms with Crippen molar-refractivity contribution >= 4 is 11.7 Å². The van der Waals surface area contributed by atoms with Gasteiger partial charge in [0.15, 0.2) is 0 Å². The quantitative estimate of drug-likeness (QED) is 0.893. The van der Waals surface area contributed by atoms with Crippen LogP contribution in [0.5, 0.6) is 0 Å². The first kappa shape index (κ1) is 13.9. The SMILES string of the molecule is Cc1cc(CNC(=O)c2cnc(N)cn2)cc(C)c1F. The molecular weight excluding hydrogens is 259 g/mol. The number of nitrogens with two attached hydrogens (primary N) is 1. The van der Waals surface area contributed by atoms with E-state index in [2.05, 4.69) is 15.3 Å². The van der Waals surface area contributed by atoms with E-state index in [-0.39, 0.29) is 23.2 Å². The number of benzene rings is 1. The van der Waals surface area contributed by atoms with E-state index in [4.69, 9.17) is 5.73 Å². The number of aromatic nitrogens is 2. The van der Waals surface area contributed by atoms with Gasteiger partial charge in [-0.1, -0.05) is 12.1 Å². The highest BCUT2D eigenvalue weighted by molar-refractivity contribution is 5.91. The van der Waals surface area contributed by atoms with E-state index in [1.54, 1.807) is 26.0 Å². The van der Waals surface area contributed by atoms with Crippen molar-refractivity contribution in [3.05, 3.63) is 52.7 Å². The number of halogens is 1. The van der Waals surface area contributed by atoms with Crippen molar-refractivity contribution in [1.29, 1.82) is 0 Å². The van der Waals surface area contributed by atoms with Crippen LogP contribution in [-0.4, -0.2) is 15.9 Å². The number of nitrogens with zero attached hydrogens (tertiary/aromatic N) is 2. The molecule has 1 amide bonds. The second-order valence-corrected chi connectivity index (χ2v) is 4.55. The van der Waals surface area contributed by atoms with Crippen LogP contribution in [0.1, 0.15) is 27.2 Å². The lowest BCUT2D eigenvalue weighted by Gasteiger charge is -2.08. The lowest BCUT2D eigenvalue weighted by Crippen LogP contribution is -2.24. The summed E-state index contributed by atoms with van der Waals surface area (Å²) >= 11 is 0. The van der Waals surface area contributed by atoms with Gasteiger partial charge in [0.1, 0.15) is 17.3 Å². The predicted octanol–water partition coefficient (Wildman–Crippen LogP) is 1.74. The first-order valence-corrected chi connectivity index (χ1v) is 6.08. The number of nitrogen functional groups attached to an aromatic ring is 1. The van der Waals surface area contributed by atoms with Gasteiger partial charge < -0.3 is 11.1 Å². The Labute approximate surface area is 116 Å². The molecular formula is C14H15FN4O. The van der Waals surface area contributed by atoms with E-state index in [9.17, 15) is 9.18 Å². The average Bonchev–Trinajstić information content (AvgIpc) is 2.42.